The smallest absolute Gasteiger partial charge is 0.298 e. The van der Waals surface area contributed by atoms with E-state index in [0.717, 1.165) is 16.9 Å². The van der Waals surface area contributed by atoms with Crippen LogP contribution in [-0.4, -0.2) is 28.4 Å². The van der Waals surface area contributed by atoms with Gasteiger partial charge in [-0.05, 0) is 48.2 Å². The molecule has 0 aliphatic rings. The third-order valence-corrected chi connectivity index (χ3v) is 5.46. The number of methoxy groups -OCH3 is 1. The molecule has 7 heteroatoms. The minimum Gasteiger partial charge on any atom is -0.497 e. The van der Waals surface area contributed by atoms with Crippen LogP contribution in [-0.2, 0) is 17.6 Å². The van der Waals surface area contributed by atoms with E-state index in [2.05, 4.69) is 28.5 Å². The molecular formula is C23H27N3O3S. The highest BCUT2D eigenvalue weighted by Gasteiger charge is 2.12. The summed E-state index contributed by atoms with van der Waals surface area (Å²) in [4.78, 5) is 16.6. The topological polar surface area (TPSA) is 73.3 Å². The van der Waals surface area contributed by atoms with Crippen LogP contribution in [0.25, 0.3) is 0 Å². The Hall–Kier alpha value is -2.93. The van der Waals surface area contributed by atoms with Crippen LogP contribution in [0.1, 0.15) is 37.7 Å². The molecule has 0 saturated heterocycles. The van der Waals surface area contributed by atoms with E-state index in [-0.39, 0.29) is 11.9 Å². The van der Waals surface area contributed by atoms with Gasteiger partial charge in [-0.1, -0.05) is 38.1 Å². The maximum Gasteiger partial charge on any atom is 0.298 e. The van der Waals surface area contributed by atoms with E-state index in [1.807, 2.05) is 55.5 Å². The van der Waals surface area contributed by atoms with Gasteiger partial charge in [0.15, 0.2) is 5.82 Å². The third kappa shape index (κ3) is 6.29. The quantitative estimate of drug-likeness (QED) is 0.541. The number of carbonyl (C=O) groups is 1. The summed E-state index contributed by atoms with van der Waals surface area (Å²) in [7, 11) is 1.65. The number of hydrogen-bond acceptors (Lipinski definition) is 6. The van der Waals surface area contributed by atoms with Gasteiger partial charge in [-0.25, -0.2) is 0 Å². The van der Waals surface area contributed by atoms with Gasteiger partial charge in [0.25, 0.3) is 5.19 Å². The van der Waals surface area contributed by atoms with Crippen LogP contribution in [0, 0.1) is 5.92 Å². The molecule has 1 aromatic heterocycles. The highest BCUT2D eigenvalue weighted by atomic mass is 32.1. The highest BCUT2D eigenvalue weighted by Crippen LogP contribution is 2.25. The SMILES string of the molecule is COc1cccc(Cc2nsc(Oc3ccc(CC(=O)NC(C)C(C)C)cc3)n2)c1. The molecule has 30 heavy (non-hydrogen) atoms. The van der Waals surface area contributed by atoms with Crippen molar-refractivity contribution in [3.05, 3.63) is 65.5 Å². The van der Waals surface area contributed by atoms with Gasteiger partial charge < -0.3 is 14.8 Å². The monoisotopic (exact) mass is 425 g/mol. The largest absolute Gasteiger partial charge is 0.497 e. The van der Waals surface area contributed by atoms with Gasteiger partial charge in [-0.3, -0.25) is 4.79 Å². The summed E-state index contributed by atoms with van der Waals surface area (Å²) in [6.45, 7) is 6.20. The van der Waals surface area contributed by atoms with E-state index in [4.69, 9.17) is 9.47 Å². The van der Waals surface area contributed by atoms with E-state index in [0.29, 0.717) is 35.5 Å². The predicted molar refractivity (Wildman–Crippen MR) is 118 cm³/mol. The zero-order chi connectivity index (χ0) is 21.5. The highest BCUT2D eigenvalue weighted by molar-refractivity contribution is 7.07. The van der Waals surface area contributed by atoms with Crippen LogP contribution < -0.4 is 14.8 Å². The van der Waals surface area contributed by atoms with Gasteiger partial charge >= 0.3 is 0 Å². The lowest BCUT2D eigenvalue weighted by Crippen LogP contribution is -2.37. The summed E-state index contributed by atoms with van der Waals surface area (Å²) < 4.78 is 15.4. The second-order valence-electron chi connectivity index (χ2n) is 7.53. The van der Waals surface area contributed by atoms with Crippen molar-refractivity contribution in [1.29, 1.82) is 0 Å². The number of hydrogen-bond donors (Lipinski definition) is 1. The molecule has 3 aromatic rings. The number of benzene rings is 2. The molecule has 6 nitrogen and oxygen atoms in total. The van der Waals surface area contributed by atoms with Crippen molar-refractivity contribution in [2.24, 2.45) is 5.92 Å². The van der Waals surface area contributed by atoms with Crippen molar-refractivity contribution in [3.8, 4) is 16.7 Å². The number of ether oxygens (including phenoxy) is 2. The Labute approximate surface area is 181 Å². The van der Waals surface area contributed by atoms with Crippen LogP contribution >= 0.6 is 11.5 Å². The van der Waals surface area contributed by atoms with E-state index in [1.165, 1.54) is 11.5 Å². The van der Waals surface area contributed by atoms with E-state index in [1.54, 1.807) is 7.11 Å². The molecule has 0 fully saturated rings. The molecule has 1 amide bonds. The molecule has 3 rings (SSSR count). The van der Waals surface area contributed by atoms with Crippen molar-refractivity contribution in [2.45, 2.75) is 39.7 Å². The molecule has 0 aliphatic heterocycles. The lowest BCUT2D eigenvalue weighted by molar-refractivity contribution is -0.121. The maximum absolute atomic E-state index is 12.1. The zero-order valence-corrected chi connectivity index (χ0v) is 18.5. The van der Waals surface area contributed by atoms with E-state index in [9.17, 15) is 4.79 Å². The van der Waals surface area contributed by atoms with Gasteiger partial charge in [0.2, 0.25) is 5.91 Å². The molecule has 1 heterocycles. The fourth-order valence-corrected chi connectivity index (χ4v) is 3.32. The average molecular weight is 426 g/mol. The van der Waals surface area contributed by atoms with Gasteiger partial charge in [0.1, 0.15) is 11.5 Å². The Morgan fingerprint density at radius 3 is 2.53 bits per heavy atom. The zero-order valence-electron chi connectivity index (χ0n) is 17.7. The predicted octanol–water partition coefficient (Wildman–Crippen LogP) is 4.63. The van der Waals surface area contributed by atoms with Crippen molar-refractivity contribution in [3.63, 3.8) is 0 Å². The second kappa shape index (κ2) is 10.2. The first kappa shape index (κ1) is 21.8. The number of aromatic nitrogens is 2. The molecule has 1 N–H and O–H groups in total. The Balaban J connectivity index is 1.55. The summed E-state index contributed by atoms with van der Waals surface area (Å²) in [6.07, 6.45) is 0.959. The molecule has 158 valence electrons. The van der Waals surface area contributed by atoms with Crippen LogP contribution in [0.2, 0.25) is 0 Å². The van der Waals surface area contributed by atoms with Crippen LogP contribution in [0.4, 0.5) is 0 Å². The number of amides is 1. The summed E-state index contributed by atoms with van der Waals surface area (Å²) in [5.74, 6) is 2.61. The molecule has 0 radical (unpaired) electrons. The molecule has 1 unspecified atom stereocenters. The van der Waals surface area contributed by atoms with Crippen molar-refractivity contribution in [2.75, 3.05) is 7.11 Å². The van der Waals surface area contributed by atoms with Crippen molar-refractivity contribution >= 4 is 17.4 Å². The summed E-state index contributed by atoms with van der Waals surface area (Å²) >= 11 is 1.22. The van der Waals surface area contributed by atoms with Gasteiger partial charge in [-0.2, -0.15) is 9.36 Å². The van der Waals surface area contributed by atoms with Crippen LogP contribution in [0.5, 0.6) is 16.7 Å². The number of rotatable bonds is 9. The maximum atomic E-state index is 12.1. The molecular weight excluding hydrogens is 398 g/mol. The summed E-state index contributed by atoms with van der Waals surface area (Å²) in [5, 5.41) is 3.51. The standard InChI is InChI=1S/C23H27N3O3S/c1-15(2)16(3)24-22(27)14-17-8-10-19(11-9-17)29-23-25-21(26-30-23)13-18-6-5-7-20(12-18)28-4/h5-12,15-16H,13-14H2,1-4H3,(H,24,27). The first-order chi connectivity index (χ1) is 14.4. The molecule has 0 aliphatic carbocycles. The van der Waals surface area contributed by atoms with Crippen LogP contribution in [0.15, 0.2) is 48.5 Å². The first-order valence-electron chi connectivity index (χ1n) is 9.94. The Kier molecular flexibility index (Phi) is 7.41. The van der Waals surface area contributed by atoms with Crippen LogP contribution in [0.3, 0.4) is 0 Å². The Bertz CT molecular complexity index is 970. The minimum absolute atomic E-state index is 0.0242. The average Bonchev–Trinajstić information content (AvgIpc) is 3.16. The number of carbonyl (C=O) groups excluding carboxylic acids is 1. The Morgan fingerprint density at radius 2 is 1.83 bits per heavy atom. The number of nitrogens with zero attached hydrogens (tertiary/aromatic N) is 2. The Morgan fingerprint density at radius 1 is 1.07 bits per heavy atom. The first-order valence-corrected chi connectivity index (χ1v) is 10.7. The molecule has 0 saturated carbocycles. The number of nitrogens with one attached hydrogen (secondary N) is 1. The van der Waals surface area contributed by atoms with Gasteiger partial charge in [0, 0.05) is 24.0 Å². The molecule has 1 atom stereocenters. The fraction of sp³-hybridized carbons (Fsp3) is 0.348. The lowest BCUT2D eigenvalue weighted by Gasteiger charge is -2.17. The second-order valence-corrected chi connectivity index (χ2v) is 8.24. The van der Waals surface area contributed by atoms with Crippen molar-refractivity contribution in [1.82, 2.24) is 14.7 Å². The normalized spacial score (nSPS) is 11.9. The third-order valence-electron chi connectivity index (χ3n) is 4.83. The molecule has 0 spiro atoms. The summed E-state index contributed by atoms with van der Waals surface area (Å²) in [6, 6.07) is 15.5. The molecule has 2 aromatic carbocycles. The van der Waals surface area contributed by atoms with Crippen molar-refractivity contribution < 1.29 is 14.3 Å². The fourth-order valence-electron chi connectivity index (χ4n) is 2.75. The van der Waals surface area contributed by atoms with Gasteiger partial charge in [-0.15, -0.1) is 0 Å². The lowest BCUT2D eigenvalue weighted by atomic mass is 10.1. The van der Waals surface area contributed by atoms with E-state index < -0.39 is 0 Å². The molecule has 0 bridgehead atoms. The van der Waals surface area contributed by atoms with E-state index >= 15 is 0 Å². The van der Waals surface area contributed by atoms with Gasteiger partial charge in [0.05, 0.1) is 13.5 Å². The minimum atomic E-state index is 0.0242. The summed E-state index contributed by atoms with van der Waals surface area (Å²) in [5.41, 5.74) is 2.01.